The van der Waals surface area contributed by atoms with Crippen LogP contribution < -0.4 is 5.43 Å². The highest BCUT2D eigenvalue weighted by Gasteiger charge is 2.26. The Balaban J connectivity index is 1.99. The lowest BCUT2D eigenvalue weighted by atomic mass is 10.1. The molecule has 6 heteroatoms. The summed E-state index contributed by atoms with van der Waals surface area (Å²) in [5.74, 6) is -0.220. The smallest absolute Gasteiger partial charge is 0.270 e. The third-order valence-corrected chi connectivity index (χ3v) is 2.68. The molecule has 16 heavy (non-hydrogen) atoms. The molecule has 0 radical (unpaired) electrons. The van der Waals surface area contributed by atoms with E-state index < -0.39 is 0 Å². The number of rotatable bonds is 1. The fourth-order valence-electron chi connectivity index (χ4n) is 1.81. The Morgan fingerprint density at radius 3 is 3.00 bits per heavy atom. The van der Waals surface area contributed by atoms with Crippen molar-refractivity contribution in [2.45, 2.75) is 25.9 Å². The number of ether oxygens (including phenoxy) is 1. The second-order valence-electron chi connectivity index (χ2n) is 4.03. The van der Waals surface area contributed by atoms with Crippen LogP contribution in [-0.4, -0.2) is 48.2 Å². The van der Waals surface area contributed by atoms with E-state index in [-0.39, 0.29) is 17.9 Å². The van der Waals surface area contributed by atoms with Crippen LogP contribution in [0.25, 0.3) is 0 Å². The first-order valence-electron chi connectivity index (χ1n) is 5.43. The molecule has 2 aliphatic heterocycles. The zero-order valence-corrected chi connectivity index (χ0v) is 9.23. The highest BCUT2D eigenvalue weighted by Crippen LogP contribution is 2.08. The second kappa shape index (κ2) is 4.61. The molecule has 2 rings (SSSR count). The predicted octanol–water partition coefficient (Wildman–Crippen LogP) is -0.500. The predicted molar refractivity (Wildman–Crippen MR) is 56.8 cm³/mol. The van der Waals surface area contributed by atoms with Crippen molar-refractivity contribution in [1.82, 2.24) is 10.3 Å². The maximum atomic E-state index is 12.0. The van der Waals surface area contributed by atoms with E-state index in [0.29, 0.717) is 38.2 Å². The van der Waals surface area contributed by atoms with Gasteiger partial charge in [-0.15, -0.1) is 0 Å². The van der Waals surface area contributed by atoms with Gasteiger partial charge in [-0.3, -0.25) is 9.59 Å². The first-order chi connectivity index (χ1) is 7.66. The van der Waals surface area contributed by atoms with Crippen LogP contribution in [0.1, 0.15) is 19.8 Å². The first kappa shape index (κ1) is 11.1. The zero-order chi connectivity index (χ0) is 11.5. The molecule has 1 fully saturated rings. The van der Waals surface area contributed by atoms with Crippen LogP contribution in [-0.2, 0) is 14.3 Å². The third-order valence-electron chi connectivity index (χ3n) is 2.68. The molecule has 88 valence electrons. The van der Waals surface area contributed by atoms with E-state index in [2.05, 4.69) is 10.5 Å². The Kier molecular flexibility index (Phi) is 3.19. The topological polar surface area (TPSA) is 71.0 Å². The second-order valence-corrected chi connectivity index (χ2v) is 4.03. The Bertz CT molecular complexity index is 340. The van der Waals surface area contributed by atoms with Gasteiger partial charge in [0.15, 0.2) is 0 Å². The summed E-state index contributed by atoms with van der Waals surface area (Å²) in [4.78, 5) is 24.6. The molecule has 2 heterocycles. The maximum Gasteiger partial charge on any atom is 0.270 e. The highest BCUT2D eigenvalue weighted by molar-refractivity contribution is 6.39. The van der Waals surface area contributed by atoms with Crippen LogP contribution >= 0.6 is 0 Å². The van der Waals surface area contributed by atoms with Gasteiger partial charge in [-0.25, -0.2) is 5.43 Å². The lowest BCUT2D eigenvalue weighted by Crippen LogP contribution is -2.48. The van der Waals surface area contributed by atoms with Gasteiger partial charge in [-0.1, -0.05) is 0 Å². The van der Waals surface area contributed by atoms with Gasteiger partial charge in [0, 0.05) is 25.9 Å². The summed E-state index contributed by atoms with van der Waals surface area (Å²) in [7, 11) is 0. The number of morpholine rings is 1. The van der Waals surface area contributed by atoms with E-state index in [9.17, 15) is 9.59 Å². The quantitative estimate of drug-likeness (QED) is 0.654. The minimum Gasteiger partial charge on any atom is -0.375 e. The molecule has 1 unspecified atom stereocenters. The van der Waals surface area contributed by atoms with E-state index >= 15 is 0 Å². The molecule has 2 aliphatic rings. The molecule has 0 saturated carbocycles. The third kappa shape index (κ3) is 2.38. The summed E-state index contributed by atoms with van der Waals surface area (Å²) in [5, 5.41) is 3.80. The number of carbonyl (C=O) groups is 2. The summed E-state index contributed by atoms with van der Waals surface area (Å²) in [5.41, 5.74) is 2.77. The molecule has 2 amide bonds. The maximum absolute atomic E-state index is 12.0. The molecule has 0 aromatic carbocycles. The summed E-state index contributed by atoms with van der Waals surface area (Å²) in [6.45, 7) is 3.68. The van der Waals surface area contributed by atoms with Crippen LogP contribution in [0, 0.1) is 0 Å². The van der Waals surface area contributed by atoms with E-state index in [1.165, 1.54) is 0 Å². The molecule has 1 saturated heterocycles. The zero-order valence-electron chi connectivity index (χ0n) is 9.23. The van der Waals surface area contributed by atoms with E-state index in [1.807, 2.05) is 6.92 Å². The Morgan fingerprint density at radius 1 is 1.56 bits per heavy atom. The average Bonchev–Trinajstić information content (AvgIpc) is 2.29. The van der Waals surface area contributed by atoms with Gasteiger partial charge >= 0.3 is 0 Å². The van der Waals surface area contributed by atoms with Crippen LogP contribution in [0.3, 0.4) is 0 Å². The van der Waals surface area contributed by atoms with Crippen molar-refractivity contribution < 1.29 is 14.3 Å². The van der Waals surface area contributed by atoms with E-state index in [1.54, 1.807) is 4.90 Å². The van der Waals surface area contributed by atoms with Crippen molar-refractivity contribution in [3.05, 3.63) is 0 Å². The van der Waals surface area contributed by atoms with Crippen LogP contribution in [0.2, 0.25) is 0 Å². The SMILES string of the molecule is CC1CN(C(=O)C2=NNC(=O)CC2)CCO1. The largest absolute Gasteiger partial charge is 0.375 e. The lowest BCUT2D eigenvalue weighted by molar-refractivity contribution is -0.131. The summed E-state index contributed by atoms with van der Waals surface area (Å²) in [6.07, 6.45) is 0.831. The number of hydrogen-bond acceptors (Lipinski definition) is 4. The summed E-state index contributed by atoms with van der Waals surface area (Å²) in [6, 6.07) is 0. The van der Waals surface area contributed by atoms with Crippen molar-refractivity contribution >= 4 is 17.5 Å². The Morgan fingerprint density at radius 2 is 2.38 bits per heavy atom. The van der Waals surface area contributed by atoms with Gasteiger partial charge in [0.1, 0.15) is 5.71 Å². The monoisotopic (exact) mass is 225 g/mol. The van der Waals surface area contributed by atoms with Gasteiger partial charge in [0.05, 0.1) is 12.7 Å². The van der Waals surface area contributed by atoms with Gasteiger partial charge in [0.2, 0.25) is 5.91 Å². The molecule has 0 aliphatic carbocycles. The van der Waals surface area contributed by atoms with Crippen molar-refractivity contribution in [3.63, 3.8) is 0 Å². The van der Waals surface area contributed by atoms with Gasteiger partial charge in [0.25, 0.3) is 5.91 Å². The van der Waals surface area contributed by atoms with E-state index in [0.717, 1.165) is 0 Å². The van der Waals surface area contributed by atoms with Crippen molar-refractivity contribution in [1.29, 1.82) is 0 Å². The standard InChI is InChI=1S/C10H15N3O3/c1-7-6-13(4-5-16-7)10(15)8-2-3-9(14)12-11-8/h7H,2-6H2,1H3,(H,12,14). The fourth-order valence-corrected chi connectivity index (χ4v) is 1.81. The summed E-state index contributed by atoms with van der Waals surface area (Å²) >= 11 is 0. The molecule has 1 atom stereocenters. The number of nitrogens with one attached hydrogen (secondary N) is 1. The average molecular weight is 225 g/mol. The molecule has 0 bridgehead atoms. The molecular weight excluding hydrogens is 210 g/mol. The lowest BCUT2D eigenvalue weighted by Gasteiger charge is -2.31. The van der Waals surface area contributed by atoms with Crippen LogP contribution in [0.15, 0.2) is 5.10 Å². The summed E-state index contributed by atoms with van der Waals surface area (Å²) < 4.78 is 5.36. The molecular formula is C10H15N3O3. The van der Waals surface area contributed by atoms with Gasteiger partial charge < -0.3 is 9.64 Å². The van der Waals surface area contributed by atoms with E-state index in [4.69, 9.17) is 4.74 Å². The minimum absolute atomic E-state index is 0.0662. The van der Waals surface area contributed by atoms with Crippen molar-refractivity contribution in [3.8, 4) is 0 Å². The minimum atomic E-state index is -0.133. The fraction of sp³-hybridized carbons (Fsp3) is 0.700. The first-order valence-corrected chi connectivity index (χ1v) is 5.43. The highest BCUT2D eigenvalue weighted by atomic mass is 16.5. The Hall–Kier alpha value is -1.43. The number of carbonyl (C=O) groups excluding carboxylic acids is 2. The van der Waals surface area contributed by atoms with Crippen molar-refractivity contribution in [2.24, 2.45) is 5.10 Å². The number of hydrazone groups is 1. The molecule has 0 aromatic rings. The number of amides is 2. The molecule has 6 nitrogen and oxygen atoms in total. The van der Waals surface area contributed by atoms with Crippen LogP contribution in [0.4, 0.5) is 0 Å². The normalized spacial score (nSPS) is 26.1. The molecule has 1 N–H and O–H groups in total. The van der Waals surface area contributed by atoms with Gasteiger partial charge in [-0.2, -0.15) is 5.10 Å². The molecule has 0 aromatic heterocycles. The number of nitrogens with zero attached hydrogens (tertiary/aromatic N) is 2. The Labute approximate surface area is 93.6 Å². The van der Waals surface area contributed by atoms with Crippen LogP contribution in [0.5, 0.6) is 0 Å². The number of hydrogen-bond donors (Lipinski definition) is 1. The van der Waals surface area contributed by atoms with Gasteiger partial charge in [-0.05, 0) is 6.92 Å². The van der Waals surface area contributed by atoms with Crippen molar-refractivity contribution in [2.75, 3.05) is 19.7 Å². The molecule has 0 spiro atoms.